The SMILES string of the molecule is CC(C)[C@H]1CC(=O)C(I)=CN1[C@H]1OC[C@@H](OC(=O)C(C)(C)C)[C@@H](OC(=O)C(C)(C)C)[C@@H]1OC(=O)C(C)(C)C. The van der Waals surface area contributed by atoms with Crippen molar-refractivity contribution in [1.29, 1.82) is 0 Å². The van der Waals surface area contributed by atoms with Crippen LogP contribution < -0.4 is 0 Å². The molecule has 1 saturated heterocycles. The van der Waals surface area contributed by atoms with Crippen molar-refractivity contribution in [3.05, 3.63) is 9.78 Å². The van der Waals surface area contributed by atoms with Gasteiger partial charge in [0, 0.05) is 18.7 Å². The van der Waals surface area contributed by atoms with Crippen LogP contribution in [0.15, 0.2) is 9.78 Å². The Kier molecular flexibility index (Phi) is 10.1. The summed E-state index contributed by atoms with van der Waals surface area (Å²) in [4.78, 5) is 53.6. The van der Waals surface area contributed by atoms with Crippen LogP contribution in [0.25, 0.3) is 0 Å². The van der Waals surface area contributed by atoms with Gasteiger partial charge in [-0.25, -0.2) is 0 Å². The normalized spacial score (nSPS) is 27.1. The molecular formula is C28H44INO8. The molecule has 38 heavy (non-hydrogen) atoms. The largest absolute Gasteiger partial charge is 0.455 e. The molecule has 0 radical (unpaired) electrons. The van der Waals surface area contributed by atoms with Gasteiger partial charge in [-0.1, -0.05) is 13.8 Å². The van der Waals surface area contributed by atoms with Crippen molar-refractivity contribution in [3.8, 4) is 0 Å². The van der Waals surface area contributed by atoms with E-state index in [1.54, 1.807) is 68.5 Å². The van der Waals surface area contributed by atoms with E-state index in [4.69, 9.17) is 18.9 Å². The summed E-state index contributed by atoms with van der Waals surface area (Å²) in [5.41, 5.74) is -2.54. The van der Waals surface area contributed by atoms with Crippen molar-refractivity contribution in [3.63, 3.8) is 0 Å². The Morgan fingerprint density at radius 1 is 0.868 bits per heavy atom. The fourth-order valence-corrected chi connectivity index (χ4v) is 4.37. The van der Waals surface area contributed by atoms with Crippen LogP contribution >= 0.6 is 22.6 Å². The van der Waals surface area contributed by atoms with Crippen molar-refractivity contribution in [2.75, 3.05) is 6.61 Å². The van der Waals surface area contributed by atoms with Crippen LogP contribution in [0, 0.1) is 22.2 Å². The first-order valence-electron chi connectivity index (χ1n) is 13.1. The molecule has 216 valence electrons. The summed E-state index contributed by atoms with van der Waals surface area (Å²) in [5, 5.41) is 0. The van der Waals surface area contributed by atoms with Gasteiger partial charge in [0.15, 0.2) is 30.3 Å². The van der Waals surface area contributed by atoms with Crippen molar-refractivity contribution in [1.82, 2.24) is 4.90 Å². The Labute approximate surface area is 240 Å². The lowest BCUT2D eigenvalue weighted by Gasteiger charge is -2.49. The molecule has 0 saturated carbocycles. The zero-order valence-electron chi connectivity index (χ0n) is 24.5. The average molecular weight is 650 g/mol. The minimum atomic E-state index is -1.13. The topological polar surface area (TPSA) is 108 Å². The Bertz CT molecular complexity index is 953. The molecule has 9 nitrogen and oxygen atoms in total. The molecule has 0 N–H and O–H groups in total. The first-order valence-corrected chi connectivity index (χ1v) is 14.1. The number of nitrogens with zero attached hydrogens (tertiary/aromatic N) is 1. The van der Waals surface area contributed by atoms with Crippen molar-refractivity contribution >= 4 is 46.3 Å². The van der Waals surface area contributed by atoms with Gasteiger partial charge in [0.1, 0.15) is 0 Å². The maximum Gasteiger partial charge on any atom is 0.311 e. The first-order chi connectivity index (χ1) is 17.1. The maximum absolute atomic E-state index is 13.2. The summed E-state index contributed by atoms with van der Waals surface area (Å²) in [7, 11) is 0. The lowest BCUT2D eigenvalue weighted by Crippen LogP contribution is -2.64. The van der Waals surface area contributed by atoms with Crippen LogP contribution in [-0.2, 0) is 38.1 Å². The molecule has 0 aromatic heterocycles. The molecule has 0 aromatic carbocycles. The molecule has 0 bridgehead atoms. The highest BCUT2D eigenvalue weighted by Gasteiger charge is 2.53. The molecular weight excluding hydrogens is 605 g/mol. The standard InChI is InChI=1S/C28H44INO8/c1-15(2)17-12-18(31)16(29)13-30(17)22-21(38-25(34)28(9,10)11)20(37-24(33)27(6,7)8)19(14-35-22)36-23(32)26(3,4)5/h13,15,17,19-22H,12,14H2,1-11H3/t17-,19-,20-,21+,22+/m1/s1. The lowest BCUT2D eigenvalue weighted by atomic mass is 9.91. The molecule has 0 spiro atoms. The highest BCUT2D eigenvalue weighted by Crippen LogP contribution is 2.36. The highest BCUT2D eigenvalue weighted by atomic mass is 127. The predicted molar refractivity (Wildman–Crippen MR) is 150 cm³/mol. The number of ketones is 1. The van der Waals surface area contributed by atoms with Gasteiger partial charge in [-0.2, -0.15) is 0 Å². The van der Waals surface area contributed by atoms with Gasteiger partial charge in [-0.15, -0.1) is 0 Å². The van der Waals surface area contributed by atoms with Crippen molar-refractivity contribution in [2.45, 2.75) is 113 Å². The predicted octanol–water partition coefficient (Wildman–Crippen LogP) is 4.79. The Morgan fingerprint density at radius 3 is 1.76 bits per heavy atom. The summed E-state index contributed by atoms with van der Waals surface area (Å²) in [6, 6.07) is -0.241. The molecule has 5 atom stereocenters. The molecule has 0 aliphatic carbocycles. The fraction of sp³-hybridized carbons (Fsp3) is 0.786. The van der Waals surface area contributed by atoms with E-state index in [0.717, 1.165) is 0 Å². The molecule has 0 unspecified atom stereocenters. The number of esters is 3. The molecule has 1 fully saturated rings. The van der Waals surface area contributed by atoms with E-state index < -0.39 is 58.7 Å². The second kappa shape index (κ2) is 11.8. The third-order valence-corrected chi connectivity index (χ3v) is 7.23. The summed E-state index contributed by atoms with van der Waals surface area (Å²) in [6.45, 7) is 19.4. The number of ether oxygens (including phenoxy) is 4. The molecule has 0 aromatic rings. The third-order valence-electron chi connectivity index (χ3n) is 6.35. The van der Waals surface area contributed by atoms with Gasteiger partial charge in [-0.05, 0) is 90.8 Å². The van der Waals surface area contributed by atoms with Crippen molar-refractivity contribution in [2.24, 2.45) is 22.2 Å². The fourth-order valence-electron chi connectivity index (χ4n) is 3.83. The monoisotopic (exact) mass is 649 g/mol. The van der Waals surface area contributed by atoms with Gasteiger partial charge >= 0.3 is 17.9 Å². The number of hydrogen-bond acceptors (Lipinski definition) is 9. The van der Waals surface area contributed by atoms with E-state index in [0.29, 0.717) is 3.58 Å². The van der Waals surface area contributed by atoms with E-state index in [9.17, 15) is 19.2 Å². The smallest absolute Gasteiger partial charge is 0.311 e. The molecule has 0 amide bonds. The number of Topliss-reactive ketones (excluding diaryl/α,β-unsaturated/α-hetero) is 1. The second-order valence-electron chi connectivity index (χ2n) is 13.5. The minimum absolute atomic E-state index is 0.0206. The summed E-state index contributed by atoms with van der Waals surface area (Å²) >= 11 is 1.99. The molecule has 10 heteroatoms. The maximum atomic E-state index is 13.2. The van der Waals surface area contributed by atoms with E-state index in [1.165, 1.54) is 0 Å². The molecule has 2 heterocycles. The quantitative estimate of drug-likeness (QED) is 0.236. The summed E-state index contributed by atoms with van der Waals surface area (Å²) in [5.74, 6) is -1.47. The summed E-state index contributed by atoms with van der Waals surface area (Å²) < 4.78 is 24.6. The van der Waals surface area contributed by atoms with Gasteiger partial charge in [0.2, 0.25) is 0 Å². The number of hydrogen-bond donors (Lipinski definition) is 0. The second-order valence-corrected chi connectivity index (χ2v) is 14.7. The van der Waals surface area contributed by atoms with E-state index in [2.05, 4.69) is 0 Å². The van der Waals surface area contributed by atoms with Gasteiger partial charge in [0.05, 0.1) is 26.4 Å². The van der Waals surface area contributed by atoms with Crippen LogP contribution in [0.4, 0.5) is 0 Å². The summed E-state index contributed by atoms with van der Waals surface area (Å²) in [6.07, 6.45) is -2.17. The molecule has 2 rings (SSSR count). The molecule has 2 aliphatic rings. The first kappa shape index (κ1) is 32.5. The van der Waals surface area contributed by atoms with E-state index in [-0.39, 0.29) is 30.8 Å². The van der Waals surface area contributed by atoms with Crippen LogP contribution in [0.1, 0.15) is 82.6 Å². The Hall–Kier alpha value is -1.69. The van der Waals surface area contributed by atoms with Gasteiger partial charge in [0.25, 0.3) is 0 Å². The number of allylic oxidation sites excluding steroid dienone is 1. The number of carbonyl (C=O) groups is 4. The van der Waals surface area contributed by atoms with Crippen LogP contribution in [-0.4, -0.2) is 65.8 Å². The van der Waals surface area contributed by atoms with Gasteiger partial charge in [-0.3, -0.25) is 19.2 Å². The van der Waals surface area contributed by atoms with E-state index >= 15 is 0 Å². The van der Waals surface area contributed by atoms with Gasteiger partial charge < -0.3 is 23.8 Å². The average Bonchev–Trinajstić information content (AvgIpc) is 2.75. The lowest BCUT2D eigenvalue weighted by molar-refractivity contribution is -0.257. The number of halogens is 1. The molecule has 2 aliphatic heterocycles. The minimum Gasteiger partial charge on any atom is -0.455 e. The zero-order valence-corrected chi connectivity index (χ0v) is 26.7. The Morgan fingerprint density at radius 2 is 1.32 bits per heavy atom. The van der Waals surface area contributed by atoms with Crippen molar-refractivity contribution < 1.29 is 38.1 Å². The van der Waals surface area contributed by atoms with Crippen LogP contribution in [0.3, 0.4) is 0 Å². The number of carbonyl (C=O) groups excluding carboxylic acids is 4. The zero-order chi connectivity index (χ0) is 29.4. The third kappa shape index (κ3) is 7.92. The van der Waals surface area contributed by atoms with Crippen LogP contribution in [0.2, 0.25) is 0 Å². The van der Waals surface area contributed by atoms with E-state index in [1.807, 2.05) is 41.3 Å². The highest BCUT2D eigenvalue weighted by molar-refractivity contribution is 14.1. The number of rotatable bonds is 5. The Balaban J connectivity index is 2.63. The van der Waals surface area contributed by atoms with Crippen LogP contribution in [0.5, 0.6) is 0 Å².